The molecule has 0 saturated carbocycles. The highest BCUT2D eigenvalue weighted by atomic mass is 35.5. The van der Waals surface area contributed by atoms with E-state index in [2.05, 4.69) is 34.1 Å². The molecular formula is C15H19ClN2S. The molecule has 1 N–H and O–H groups in total. The first-order valence-corrected chi connectivity index (χ1v) is 7.97. The number of halogens is 1. The van der Waals surface area contributed by atoms with Crippen LogP contribution in [0.5, 0.6) is 0 Å². The zero-order valence-corrected chi connectivity index (χ0v) is 12.7. The van der Waals surface area contributed by atoms with Gasteiger partial charge in [-0.3, -0.25) is 4.98 Å². The van der Waals surface area contributed by atoms with Gasteiger partial charge in [-0.2, -0.15) is 11.3 Å². The SMILES string of the molecule is CCCNC(CCc1ccsc1)c1ccc(Cl)cn1. The van der Waals surface area contributed by atoms with Crippen LogP contribution in [0.3, 0.4) is 0 Å². The van der Waals surface area contributed by atoms with Gasteiger partial charge < -0.3 is 5.32 Å². The maximum Gasteiger partial charge on any atom is 0.0589 e. The Morgan fingerprint density at radius 2 is 2.26 bits per heavy atom. The second-order valence-electron chi connectivity index (χ2n) is 4.58. The minimum Gasteiger partial charge on any atom is -0.309 e. The molecule has 0 aliphatic carbocycles. The molecule has 1 unspecified atom stereocenters. The predicted molar refractivity (Wildman–Crippen MR) is 82.9 cm³/mol. The smallest absolute Gasteiger partial charge is 0.0589 e. The molecule has 0 aromatic carbocycles. The van der Waals surface area contributed by atoms with Crippen LogP contribution in [0.1, 0.15) is 37.1 Å². The third-order valence-corrected chi connectivity index (χ3v) is 4.01. The molecule has 4 heteroatoms. The standard InChI is InChI=1S/C15H19ClN2S/c1-2-8-17-14(5-3-12-7-9-19-11-12)15-6-4-13(16)10-18-15/h4,6-7,9-11,14,17H,2-3,5,8H2,1H3. The first kappa shape index (κ1) is 14.5. The Labute approximate surface area is 123 Å². The average Bonchev–Trinajstić information content (AvgIpc) is 2.93. The fourth-order valence-corrected chi connectivity index (χ4v) is 2.83. The van der Waals surface area contributed by atoms with Gasteiger partial charge in [-0.1, -0.05) is 18.5 Å². The van der Waals surface area contributed by atoms with Gasteiger partial charge in [0.05, 0.1) is 10.7 Å². The second kappa shape index (κ2) is 7.63. The highest BCUT2D eigenvalue weighted by Gasteiger charge is 2.12. The van der Waals surface area contributed by atoms with E-state index in [-0.39, 0.29) is 0 Å². The quantitative estimate of drug-likeness (QED) is 0.815. The molecule has 2 heterocycles. The number of nitrogens with zero attached hydrogens (tertiary/aromatic N) is 1. The Balaban J connectivity index is 2.00. The molecular weight excluding hydrogens is 276 g/mol. The summed E-state index contributed by atoms with van der Waals surface area (Å²) in [7, 11) is 0. The number of pyridine rings is 1. The molecule has 102 valence electrons. The van der Waals surface area contributed by atoms with Gasteiger partial charge in [0.15, 0.2) is 0 Å². The van der Waals surface area contributed by atoms with E-state index >= 15 is 0 Å². The van der Waals surface area contributed by atoms with Gasteiger partial charge in [-0.25, -0.2) is 0 Å². The highest BCUT2D eigenvalue weighted by Crippen LogP contribution is 2.20. The van der Waals surface area contributed by atoms with Crippen LogP contribution < -0.4 is 5.32 Å². The van der Waals surface area contributed by atoms with Gasteiger partial charge >= 0.3 is 0 Å². The van der Waals surface area contributed by atoms with Crippen molar-refractivity contribution in [3.63, 3.8) is 0 Å². The molecule has 0 radical (unpaired) electrons. The van der Waals surface area contributed by atoms with E-state index in [1.807, 2.05) is 12.1 Å². The van der Waals surface area contributed by atoms with Crippen LogP contribution in [0, 0.1) is 0 Å². The number of hydrogen-bond acceptors (Lipinski definition) is 3. The van der Waals surface area contributed by atoms with Crippen LogP contribution in [-0.4, -0.2) is 11.5 Å². The van der Waals surface area contributed by atoms with Crippen molar-refractivity contribution < 1.29 is 0 Å². The molecule has 0 fully saturated rings. The number of hydrogen-bond donors (Lipinski definition) is 1. The van der Waals surface area contributed by atoms with Gasteiger partial charge in [0, 0.05) is 12.2 Å². The molecule has 0 saturated heterocycles. The van der Waals surface area contributed by atoms with E-state index in [0.717, 1.165) is 31.5 Å². The van der Waals surface area contributed by atoms with Crippen LogP contribution in [-0.2, 0) is 6.42 Å². The van der Waals surface area contributed by atoms with Gasteiger partial charge in [-0.15, -0.1) is 0 Å². The summed E-state index contributed by atoms with van der Waals surface area (Å²) in [6.45, 7) is 3.19. The molecule has 2 rings (SSSR count). The van der Waals surface area contributed by atoms with Gasteiger partial charge in [-0.05, 0) is 60.3 Å². The summed E-state index contributed by atoms with van der Waals surface area (Å²) in [5, 5.41) is 8.60. The zero-order valence-electron chi connectivity index (χ0n) is 11.1. The lowest BCUT2D eigenvalue weighted by atomic mass is 10.0. The van der Waals surface area contributed by atoms with Gasteiger partial charge in [0.1, 0.15) is 0 Å². The largest absolute Gasteiger partial charge is 0.309 e. The number of aryl methyl sites for hydroxylation is 1. The third-order valence-electron chi connectivity index (χ3n) is 3.05. The van der Waals surface area contributed by atoms with Crippen molar-refractivity contribution in [2.45, 2.75) is 32.2 Å². The lowest BCUT2D eigenvalue weighted by Crippen LogP contribution is -2.23. The molecule has 2 aromatic rings. The molecule has 2 aromatic heterocycles. The molecule has 0 amide bonds. The zero-order chi connectivity index (χ0) is 13.5. The van der Waals surface area contributed by atoms with Crippen molar-refractivity contribution in [2.24, 2.45) is 0 Å². The Morgan fingerprint density at radius 3 is 2.89 bits per heavy atom. The summed E-state index contributed by atoms with van der Waals surface area (Å²) in [4.78, 5) is 4.44. The molecule has 0 aliphatic heterocycles. The number of aromatic nitrogens is 1. The summed E-state index contributed by atoms with van der Waals surface area (Å²) >= 11 is 7.65. The van der Waals surface area contributed by atoms with Crippen LogP contribution in [0.2, 0.25) is 5.02 Å². The normalized spacial score (nSPS) is 12.5. The van der Waals surface area contributed by atoms with Crippen molar-refractivity contribution in [1.82, 2.24) is 10.3 Å². The lowest BCUT2D eigenvalue weighted by molar-refractivity contribution is 0.489. The molecule has 0 spiro atoms. The van der Waals surface area contributed by atoms with Crippen molar-refractivity contribution in [3.8, 4) is 0 Å². The Kier molecular flexibility index (Phi) is 5.83. The molecule has 0 bridgehead atoms. The minimum absolute atomic E-state index is 0.303. The first-order chi connectivity index (χ1) is 9.29. The van der Waals surface area contributed by atoms with Crippen molar-refractivity contribution in [1.29, 1.82) is 0 Å². The third kappa shape index (κ3) is 4.60. The van der Waals surface area contributed by atoms with E-state index < -0.39 is 0 Å². The van der Waals surface area contributed by atoms with E-state index in [4.69, 9.17) is 11.6 Å². The first-order valence-electron chi connectivity index (χ1n) is 6.65. The van der Waals surface area contributed by atoms with E-state index in [0.29, 0.717) is 11.1 Å². The van der Waals surface area contributed by atoms with E-state index in [9.17, 15) is 0 Å². The lowest BCUT2D eigenvalue weighted by Gasteiger charge is -2.17. The molecule has 19 heavy (non-hydrogen) atoms. The number of thiophene rings is 1. The Morgan fingerprint density at radius 1 is 1.37 bits per heavy atom. The summed E-state index contributed by atoms with van der Waals surface area (Å²) in [6, 6.07) is 6.42. The highest BCUT2D eigenvalue weighted by molar-refractivity contribution is 7.07. The van der Waals surface area contributed by atoms with Crippen LogP contribution in [0.25, 0.3) is 0 Å². The van der Waals surface area contributed by atoms with Crippen LogP contribution >= 0.6 is 22.9 Å². The maximum absolute atomic E-state index is 5.90. The van der Waals surface area contributed by atoms with E-state index in [1.54, 1.807) is 17.5 Å². The maximum atomic E-state index is 5.90. The van der Waals surface area contributed by atoms with Crippen LogP contribution in [0.4, 0.5) is 0 Å². The molecule has 0 aliphatic rings. The molecule has 2 nitrogen and oxygen atoms in total. The Bertz CT molecular complexity index is 467. The number of rotatable bonds is 7. The van der Waals surface area contributed by atoms with Crippen molar-refractivity contribution in [3.05, 3.63) is 51.4 Å². The summed E-state index contributed by atoms with van der Waals surface area (Å²) in [6.07, 6.45) is 4.99. The summed E-state index contributed by atoms with van der Waals surface area (Å²) < 4.78 is 0. The summed E-state index contributed by atoms with van der Waals surface area (Å²) in [5.41, 5.74) is 2.48. The Hall–Kier alpha value is -0.900. The minimum atomic E-state index is 0.303. The average molecular weight is 295 g/mol. The van der Waals surface area contributed by atoms with Gasteiger partial charge in [0.2, 0.25) is 0 Å². The summed E-state index contributed by atoms with van der Waals surface area (Å²) in [5.74, 6) is 0. The fraction of sp³-hybridized carbons (Fsp3) is 0.400. The van der Waals surface area contributed by atoms with Crippen LogP contribution in [0.15, 0.2) is 35.2 Å². The van der Waals surface area contributed by atoms with Crippen molar-refractivity contribution in [2.75, 3.05) is 6.54 Å². The van der Waals surface area contributed by atoms with Crippen molar-refractivity contribution >= 4 is 22.9 Å². The fourth-order valence-electron chi connectivity index (χ4n) is 2.01. The second-order valence-corrected chi connectivity index (χ2v) is 5.79. The number of nitrogens with one attached hydrogen (secondary N) is 1. The van der Waals surface area contributed by atoms with Gasteiger partial charge in [0.25, 0.3) is 0 Å². The van der Waals surface area contributed by atoms with E-state index in [1.165, 1.54) is 5.56 Å². The monoisotopic (exact) mass is 294 g/mol. The molecule has 1 atom stereocenters. The topological polar surface area (TPSA) is 24.9 Å². The predicted octanol–water partition coefficient (Wildman–Crippen LogP) is 4.47.